The molecule has 0 aromatic heterocycles. The molecular weight excluding hydrogens is 247 g/mol. The maximum atomic E-state index is 3.50. The second-order valence-corrected chi connectivity index (χ2v) is 5.64. The topological polar surface area (TPSA) is 90.7 Å². The molecular formula is C2H18B9N9. The van der Waals surface area contributed by atoms with E-state index in [1.807, 2.05) is 0 Å². The summed E-state index contributed by atoms with van der Waals surface area (Å²) in [6, 6.07) is 0. The molecule has 0 unspecified atom stereocenters. The van der Waals surface area contributed by atoms with E-state index in [1.165, 1.54) is 0 Å². The van der Waals surface area contributed by atoms with Crippen molar-refractivity contribution in [1.29, 1.82) is 0 Å². The molecule has 0 radical (unpaired) electrons. The molecule has 98 valence electrons. The predicted octanol–water partition coefficient (Wildman–Crippen LogP) is -7.70. The van der Waals surface area contributed by atoms with Gasteiger partial charge in [0.25, 0.3) is 51.7 Å². The van der Waals surface area contributed by atoms with E-state index in [1.54, 1.807) is 0 Å². The Morgan fingerprint density at radius 3 is 1.70 bits per heavy atom. The van der Waals surface area contributed by atoms with Crippen LogP contribution in [0.3, 0.4) is 0 Å². The summed E-state index contributed by atoms with van der Waals surface area (Å²) in [7, 11) is 4.72. The Labute approximate surface area is 125 Å². The largest absolute Gasteiger partial charge is 0.379 e. The second-order valence-electron chi connectivity index (χ2n) is 5.64. The Bertz CT molecular complexity index is 294. The molecule has 0 amide bonds. The first-order valence-corrected chi connectivity index (χ1v) is 7.37. The van der Waals surface area contributed by atoms with Crippen LogP contribution in [-0.2, 0) is 0 Å². The molecule has 0 aromatic rings. The van der Waals surface area contributed by atoms with Gasteiger partial charge in [0.05, 0.1) is 0 Å². The van der Waals surface area contributed by atoms with Crippen molar-refractivity contribution in [3.63, 3.8) is 0 Å². The summed E-state index contributed by atoms with van der Waals surface area (Å²) >= 11 is 0. The lowest BCUT2D eigenvalue weighted by Crippen LogP contribution is -2.83. The Morgan fingerprint density at radius 1 is 0.750 bits per heavy atom. The number of nitrogens with zero attached hydrogens (tertiary/aromatic N) is 2. The van der Waals surface area contributed by atoms with Crippen LogP contribution in [0.2, 0.25) is 13.6 Å². The van der Waals surface area contributed by atoms with Gasteiger partial charge in [0.2, 0.25) is 0 Å². The van der Waals surface area contributed by atoms with Crippen LogP contribution >= 0.6 is 0 Å². The molecule has 0 aliphatic carbocycles. The van der Waals surface area contributed by atoms with E-state index in [0.717, 1.165) is 37.7 Å². The normalized spacial score (nSPS) is 25.3. The van der Waals surface area contributed by atoms with Crippen LogP contribution in [0.15, 0.2) is 0 Å². The summed E-state index contributed by atoms with van der Waals surface area (Å²) in [5, 5.41) is 24.0. The molecule has 3 aliphatic heterocycles. The van der Waals surface area contributed by atoms with Gasteiger partial charge in [-0.15, -0.1) is 0 Å². The summed E-state index contributed by atoms with van der Waals surface area (Å²) in [6.07, 6.45) is 0. The zero-order chi connectivity index (χ0) is 13.9. The lowest BCUT2D eigenvalue weighted by Gasteiger charge is -2.43. The van der Waals surface area contributed by atoms with Gasteiger partial charge in [-0.05, 0) is 0 Å². The first-order chi connectivity index (χ1) is 9.72. The van der Waals surface area contributed by atoms with E-state index in [2.05, 4.69) is 58.9 Å². The summed E-state index contributed by atoms with van der Waals surface area (Å²) < 4.78 is 4.72. The molecule has 0 atom stereocenters. The Morgan fingerprint density at radius 2 is 1.25 bits per heavy atom. The zero-order valence-corrected chi connectivity index (χ0v) is 12.2. The van der Waals surface area contributed by atoms with Crippen molar-refractivity contribution < 1.29 is 0 Å². The average molecular weight is 266 g/mol. The minimum absolute atomic E-state index is 0.195. The third kappa shape index (κ3) is 3.70. The van der Waals surface area contributed by atoms with Crippen molar-refractivity contribution in [3.8, 4) is 0 Å². The second kappa shape index (κ2) is 6.99. The van der Waals surface area contributed by atoms with E-state index < -0.39 is 0 Å². The first-order valence-electron chi connectivity index (χ1n) is 7.37. The van der Waals surface area contributed by atoms with Gasteiger partial charge < -0.3 is 45.2 Å². The van der Waals surface area contributed by atoms with Crippen molar-refractivity contribution in [2.75, 3.05) is 0 Å². The fourth-order valence-corrected chi connectivity index (χ4v) is 2.81. The SMILES string of the molecule is CB1NBNB(N2BNBN(B3NBNB(C)N3)B2)N1. The highest BCUT2D eigenvalue weighted by atomic mass is 15.3. The van der Waals surface area contributed by atoms with E-state index in [4.69, 9.17) is 0 Å². The van der Waals surface area contributed by atoms with Crippen molar-refractivity contribution in [2.24, 2.45) is 0 Å². The van der Waals surface area contributed by atoms with Crippen molar-refractivity contribution >= 4 is 65.9 Å². The molecule has 3 saturated heterocycles. The Kier molecular flexibility index (Phi) is 5.29. The standard InChI is InChI=1S/C2H18B9N9/c1-8-13-3-15-10(17-8)19-5-12-6-20(7-19)11-16-4-14-9(2)18-11/h3-7,12-18H,1-2H3. The number of nitrogens with one attached hydrogen (secondary N) is 7. The summed E-state index contributed by atoms with van der Waals surface area (Å²) in [5.41, 5.74) is 0. The molecule has 18 heteroatoms. The molecule has 3 rings (SSSR count). The van der Waals surface area contributed by atoms with Gasteiger partial charge in [0.1, 0.15) is 0 Å². The first kappa shape index (κ1) is 15.1. The molecule has 3 fully saturated rings. The summed E-state index contributed by atoms with van der Waals surface area (Å²) in [5.74, 6) is 0. The number of hydrogen-bond donors (Lipinski definition) is 7. The van der Waals surface area contributed by atoms with Crippen LogP contribution in [-0.4, -0.2) is 75.2 Å². The molecule has 7 N–H and O–H groups in total. The van der Waals surface area contributed by atoms with E-state index in [9.17, 15) is 0 Å². The maximum absolute atomic E-state index is 3.50. The van der Waals surface area contributed by atoms with E-state index in [0.29, 0.717) is 14.0 Å². The van der Waals surface area contributed by atoms with E-state index >= 15 is 0 Å². The van der Waals surface area contributed by atoms with Crippen LogP contribution in [0, 0.1) is 0 Å². The quantitative estimate of drug-likeness (QED) is 0.246. The lowest BCUT2D eigenvalue weighted by molar-refractivity contribution is 0.817. The molecule has 0 spiro atoms. The predicted molar refractivity (Wildman–Crippen MR) is 96.1 cm³/mol. The minimum atomic E-state index is 0.195. The highest BCUT2D eigenvalue weighted by Gasteiger charge is 2.38. The van der Waals surface area contributed by atoms with Crippen molar-refractivity contribution in [2.45, 2.75) is 13.6 Å². The highest BCUT2D eigenvalue weighted by Crippen LogP contribution is 1.97. The molecule has 9 nitrogen and oxygen atoms in total. The Hall–Kier alpha value is 0.224. The molecule has 0 saturated carbocycles. The van der Waals surface area contributed by atoms with Gasteiger partial charge in [-0.1, -0.05) is 13.6 Å². The van der Waals surface area contributed by atoms with Crippen LogP contribution in [0.5, 0.6) is 0 Å². The van der Waals surface area contributed by atoms with Gasteiger partial charge in [-0.2, -0.15) is 0 Å². The van der Waals surface area contributed by atoms with Gasteiger partial charge in [-0.25, -0.2) is 0 Å². The highest BCUT2D eigenvalue weighted by molar-refractivity contribution is 6.92. The monoisotopic (exact) mass is 267 g/mol. The smallest absolute Gasteiger partial charge is 0.355 e. The molecule has 20 heavy (non-hydrogen) atoms. The molecule has 0 aromatic carbocycles. The Balaban J connectivity index is 1.55. The fraction of sp³-hybridized carbons (Fsp3) is 1.00. The van der Waals surface area contributed by atoms with Gasteiger partial charge in [-0.3, -0.25) is 0 Å². The van der Waals surface area contributed by atoms with Gasteiger partial charge >= 0.3 is 14.2 Å². The van der Waals surface area contributed by atoms with Crippen LogP contribution in [0.1, 0.15) is 0 Å². The van der Waals surface area contributed by atoms with Gasteiger partial charge in [0, 0.05) is 0 Å². The number of rotatable bonds is 2. The summed E-state index contributed by atoms with van der Waals surface area (Å²) in [6.45, 7) is 4.93. The van der Waals surface area contributed by atoms with Crippen LogP contribution < -0.4 is 36.0 Å². The summed E-state index contributed by atoms with van der Waals surface area (Å²) in [4.78, 5) is 0. The van der Waals surface area contributed by atoms with Crippen molar-refractivity contribution in [1.82, 2.24) is 45.2 Å². The average Bonchev–Trinajstić information content (AvgIpc) is 2.47. The van der Waals surface area contributed by atoms with Gasteiger partial charge in [0.15, 0.2) is 0 Å². The van der Waals surface area contributed by atoms with Crippen LogP contribution in [0.25, 0.3) is 0 Å². The van der Waals surface area contributed by atoms with E-state index in [-0.39, 0.29) is 14.2 Å². The van der Waals surface area contributed by atoms with Crippen LogP contribution in [0.4, 0.5) is 0 Å². The maximum Gasteiger partial charge on any atom is 0.355 e. The fourth-order valence-electron chi connectivity index (χ4n) is 2.81. The molecule has 3 aliphatic rings. The third-order valence-corrected chi connectivity index (χ3v) is 3.95. The van der Waals surface area contributed by atoms with Crippen molar-refractivity contribution in [3.05, 3.63) is 0 Å². The third-order valence-electron chi connectivity index (χ3n) is 3.95. The molecule has 0 bridgehead atoms. The minimum Gasteiger partial charge on any atom is -0.379 e. The lowest BCUT2D eigenvalue weighted by atomic mass is 9.53. The zero-order valence-electron chi connectivity index (χ0n) is 12.2. The number of hydrogen-bond acceptors (Lipinski definition) is 9. The molecule has 3 heterocycles.